The minimum absolute atomic E-state index is 0.0712. The maximum atomic E-state index is 9.49. The summed E-state index contributed by atoms with van der Waals surface area (Å²) in [6, 6.07) is 2.12. The fourth-order valence-corrected chi connectivity index (χ4v) is 4.28. The third-order valence-electron chi connectivity index (χ3n) is 4.01. The van der Waals surface area contributed by atoms with Crippen LogP contribution >= 0.6 is 22.7 Å². The van der Waals surface area contributed by atoms with Crippen LogP contribution in [0.2, 0.25) is 0 Å². The summed E-state index contributed by atoms with van der Waals surface area (Å²) < 4.78 is 0. The topological polar surface area (TPSA) is 48.4 Å². The Hall–Kier alpha value is -0.790. The summed E-state index contributed by atoms with van der Waals surface area (Å²) in [4.78, 5) is 8.24. The molecule has 22 heavy (non-hydrogen) atoms. The first-order chi connectivity index (χ1) is 10.8. The number of hydrogen-bond donors (Lipinski definition) is 2. The van der Waals surface area contributed by atoms with Gasteiger partial charge in [0.25, 0.3) is 0 Å². The molecular weight excluding hydrogens is 314 g/mol. The smallest absolute Gasteiger partial charge is 0.124 e. The number of rotatable bonds is 7. The molecule has 1 saturated heterocycles. The maximum absolute atomic E-state index is 9.49. The summed E-state index contributed by atoms with van der Waals surface area (Å²) in [6.07, 6.45) is 4.93. The van der Waals surface area contributed by atoms with Crippen molar-refractivity contribution in [3.05, 3.63) is 27.9 Å². The molecule has 120 valence electrons. The van der Waals surface area contributed by atoms with E-state index in [1.807, 2.05) is 6.20 Å². The molecule has 1 aliphatic heterocycles. The fourth-order valence-electron chi connectivity index (χ4n) is 2.69. The zero-order valence-electron chi connectivity index (χ0n) is 12.7. The monoisotopic (exact) mass is 337 g/mol. The molecule has 3 rings (SSSR count). The van der Waals surface area contributed by atoms with Gasteiger partial charge in [0.2, 0.25) is 0 Å². The summed E-state index contributed by atoms with van der Waals surface area (Å²) in [7, 11) is 0. The second kappa shape index (κ2) is 8.17. The first kappa shape index (κ1) is 16.1. The van der Waals surface area contributed by atoms with Crippen LogP contribution in [0.4, 0.5) is 0 Å². The third-order valence-corrected chi connectivity index (χ3v) is 5.74. The quantitative estimate of drug-likeness (QED) is 0.763. The largest absolute Gasteiger partial charge is 0.393 e. The Labute approximate surface area is 139 Å². The predicted octanol–water partition coefficient (Wildman–Crippen LogP) is 2.81. The molecule has 0 bridgehead atoms. The van der Waals surface area contributed by atoms with E-state index >= 15 is 0 Å². The van der Waals surface area contributed by atoms with Crippen molar-refractivity contribution in [2.45, 2.75) is 31.9 Å². The van der Waals surface area contributed by atoms with E-state index in [9.17, 15) is 5.11 Å². The van der Waals surface area contributed by atoms with Crippen LogP contribution in [0.5, 0.6) is 0 Å². The van der Waals surface area contributed by atoms with Gasteiger partial charge in [-0.2, -0.15) is 11.3 Å². The van der Waals surface area contributed by atoms with Crippen molar-refractivity contribution in [2.24, 2.45) is 0 Å². The average molecular weight is 338 g/mol. The normalized spacial score (nSPS) is 17.1. The number of thiazole rings is 1. The molecule has 2 N–H and O–H groups in total. The summed E-state index contributed by atoms with van der Waals surface area (Å²) in [5.41, 5.74) is 1.23. The van der Waals surface area contributed by atoms with Gasteiger partial charge in [-0.05, 0) is 43.8 Å². The standard InChI is InChI=1S/C16H23N3OS2/c20-14-2-7-19(8-3-14)6-1-5-17-10-15-11-18-16(22-15)13-4-9-21-12-13/h4,9,11-12,14,17,20H,1-3,5-8,10H2. The van der Waals surface area contributed by atoms with E-state index in [4.69, 9.17) is 0 Å². The Bertz CT molecular complexity index is 548. The molecular formula is C16H23N3OS2. The molecule has 2 aromatic rings. The van der Waals surface area contributed by atoms with Crippen LogP contribution in [-0.2, 0) is 6.54 Å². The first-order valence-electron chi connectivity index (χ1n) is 7.89. The zero-order valence-corrected chi connectivity index (χ0v) is 14.3. The molecule has 0 aromatic carbocycles. The number of nitrogens with zero attached hydrogens (tertiary/aromatic N) is 2. The Morgan fingerprint density at radius 3 is 3.00 bits per heavy atom. The van der Waals surface area contributed by atoms with E-state index in [0.717, 1.165) is 57.0 Å². The number of thiophene rings is 1. The molecule has 2 aromatic heterocycles. The molecule has 0 saturated carbocycles. The second-order valence-corrected chi connectivity index (χ2v) is 7.64. The van der Waals surface area contributed by atoms with Gasteiger partial charge in [0.1, 0.15) is 5.01 Å². The number of aromatic nitrogens is 1. The van der Waals surface area contributed by atoms with Crippen LogP contribution in [0.25, 0.3) is 10.6 Å². The van der Waals surface area contributed by atoms with Crippen molar-refractivity contribution >= 4 is 22.7 Å². The van der Waals surface area contributed by atoms with E-state index in [1.165, 1.54) is 10.4 Å². The van der Waals surface area contributed by atoms with Gasteiger partial charge in [0.15, 0.2) is 0 Å². The van der Waals surface area contributed by atoms with Gasteiger partial charge >= 0.3 is 0 Å². The highest BCUT2D eigenvalue weighted by molar-refractivity contribution is 7.15. The number of piperidine rings is 1. The van der Waals surface area contributed by atoms with Crippen LogP contribution < -0.4 is 5.32 Å². The van der Waals surface area contributed by atoms with Gasteiger partial charge in [0, 0.05) is 41.7 Å². The molecule has 4 nitrogen and oxygen atoms in total. The highest BCUT2D eigenvalue weighted by Crippen LogP contribution is 2.26. The molecule has 0 atom stereocenters. The first-order valence-corrected chi connectivity index (χ1v) is 9.65. The highest BCUT2D eigenvalue weighted by atomic mass is 32.1. The summed E-state index contributed by atoms with van der Waals surface area (Å²) >= 11 is 3.48. The number of hydrogen-bond acceptors (Lipinski definition) is 6. The van der Waals surface area contributed by atoms with Crippen LogP contribution in [0.15, 0.2) is 23.0 Å². The van der Waals surface area contributed by atoms with E-state index in [2.05, 4.69) is 32.0 Å². The van der Waals surface area contributed by atoms with E-state index in [0.29, 0.717) is 0 Å². The Morgan fingerprint density at radius 2 is 2.23 bits per heavy atom. The molecule has 0 amide bonds. The van der Waals surface area contributed by atoms with Crippen LogP contribution in [0.3, 0.4) is 0 Å². The molecule has 1 fully saturated rings. The van der Waals surface area contributed by atoms with Gasteiger partial charge < -0.3 is 15.3 Å². The third kappa shape index (κ3) is 4.60. The maximum Gasteiger partial charge on any atom is 0.124 e. The number of aliphatic hydroxyl groups is 1. The Kier molecular flexibility index (Phi) is 5.97. The number of aliphatic hydroxyl groups excluding tert-OH is 1. The van der Waals surface area contributed by atoms with Gasteiger partial charge in [-0.25, -0.2) is 4.98 Å². The number of nitrogens with one attached hydrogen (secondary N) is 1. The van der Waals surface area contributed by atoms with E-state index in [1.54, 1.807) is 22.7 Å². The molecule has 0 spiro atoms. The zero-order chi connectivity index (χ0) is 15.2. The predicted molar refractivity (Wildman–Crippen MR) is 93.4 cm³/mol. The van der Waals surface area contributed by atoms with Crippen molar-refractivity contribution in [3.8, 4) is 10.6 Å². The highest BCUT2D eigenvalue weighted by Gasteiger charge is 2.15. The van der Waals surface area contributed by atoms with Crippen molar-refractivity contribution in [3.63, 3.8) is 0 Å². The summed E-state index contributed by atoms with van der Waals surface area (Å²) in [6.45, 7) is 5.15. The summed E-state index contributed by atoms with van der Waals surface area (Å²) in [5, 5.41) is 18.3. The lowest BCUT2D eigenvalue weighted by Crippen LogP contribution is -2.37. The van der Waals surface area contributed by atoms with E-state index < -0.39 is 0 Å². The number of likely N-dealkylation sites (tertiary alicyclic amines) is 1. The molecule has 0 radical (unpaired) electrons. The van der Waals surface area contributed by atoms with Crippen LogP contribution in [0, 0.1) is 0 Å². The molecule has 0 unspecified atom stereocenters. The molecule has 1 aliphatic rings. The minimum Gasteiger partial charge on any atom is -0.393 e. The fraction of sp³-hybridized carbons (Fsp3) is 0.562. The van der Waals surface area contributed by atoms with Crippen molar-refractivity contribution in [1.29, 1.82) is 0 Å². The summed E-state index contributed by atoms with van der Waals surface area (Å²) in [5.74, 6) is 0. The minimum atomic E-state index is -0.0712. The van der Waals surface area contributed by atoms with Crippen LogP contribution in [-0.4, -0.2) is 47.3 Å². The van der Waals surface area contributed by atoms with Gasteiger partial charge in [-0.3, -0.25) is 0 Å². The van der Waals surface area contributed by atoms with Crippen molar-refractivity contribution in [2.75, 3.05) is 26.2 Å². The van der Waals surface area contributed by atoms with Gasteiger partial charge in [-0.1, -0.05) is 0 Å². The SMILES string of the molecule is OC1CCN(CCCNCc2cnc(-c3ccsc3)s2)CC1. The van der Waals surface area contributed by atoms with Crippen molar-refractivity contribution < 1.29 is 5.11 Å². The lowest BCUT2D eigenvalue weighted by atomic mass is 10.1. The lowest BCUT2D eigenvalue weighted by Gasteiger charge is -2.29. The second-order valence-electron chi connectivity index (χ2n) is 5.75. The van der Waals surface area contributed by atoms with Gasteiger partial charge in [0.05, 0.1) is 6.10 Å². The lowest BCUT2D eigenvalue weighted by molar-refractivity contribution is 0.0821. The van der Waals surface area contributed by atoms with Crippen molar-refractivity contribution in [1.82, 2.24) is 15.2 Å². The molecule has 3 heterocycles. The Balaban J connectivity index is 1.32. The average Bonchev–Trinajstić information content (AvgIpc) is 3.19. The van der Waals surface area contributed by atoms with Gasteiger partial charge in [-0.15, -0.1) is 11.3 Å². The van der Waals surface area contributed by atoms with E-state index in [-0.39, 0.29) is 6.10 Å². The molecule has 6 heteroatoms. The molecule has 0 aliphatic carbocycles. The van der Waals surface area contributed by atoms with Crippen LogP contribution in [0.1, 0.15) is 24.1 Å². The Morgan fingerprint density at radius 1 is 1.36 bits per heavy atom.